The number of ether oxygens (including phenoxy) is 2. The Kier molecular flexibility index (Phi) is 7.37. The summed E-state index contributed by atoms with van der Waals surface area (Å²) in [5.74, 6) is 1.46. The zero-order valence-corrected chi connectivity index (χ0v) is 19.0. The zero-order chi connectivity index (χ0) is 23.1. The largest absolute Gasteiger partial charge is 0.494 e. The number of para-hydroxylation sites is 1. The molecule has 0 aliphatic carbocycles. The second kappa shape index (κ2) is 10.2. The van der Waals surface area contributed by atoms with Crippen LogP contribution in [-0.2, 0) is 14.8 Å². The van der Waals surface area contributed by atoms with Gasteiger partial charge in [0.2, 0.25) is 15.9 Å². The first-order chi connectivity index (χ1) is 15.3. The minimum absolute atomic E-state index is 0.363. The van der Waals surface area contributed by atoms with Gasteiger partial charge in [0.05, 0.1) is 18.6 Å². The Morgan fingerprint density at radius 1 is 0.906 bits per heavy atom. The molecule has 7 nitrogen and oxygen atoms in total. The Bertz CT molecular complexity index is 1130. The van der Waals surface area contributed by atoms with E-state index in [9.17, 15) is 13.2 Å². The molecule has 3 rings (SSSR count). The van der Waals surface area contributed by atoms with E-state index in [4.69, 9.17) is 9.47 Å². The van der Waals surface area contributed by atoms with Crippen LogP contribution in [0.25, 0.3) is 0 Å². The molecule has 1 amide bonds. The molecule has 0 aromatic heterocycles. The highest BCUT2D eigenvalue weighted by atomic mass is 32.2. The molecule has 0 saturated carbocycles. The molecule has 0 radical (unpaired) electrons. The third-order valence-electron chi connectivity index (χ3n) is 4.59. The van der Waals surface area contributed by atoms with Crippen LogP contribution in [0.3, 0.4) is 0 Å². The second-order valence-electron chi connectivity index (χ2n) is 7.09. The van der Waals surface area contributed by atoms with Gasteiger partial charge in [-0.1, -0.05) is 18.2 Å². The Balaban J connectivity index is 1.76. The molecule has 3 aromatic rings. The van der Waals surface area contributed by atoms with Crippen molar-refractivity contribution < 1.29 is 22.7 Å². The Hall–Kier alpha value is -3.52. The number of carbonyl (C=O) groups excluding carboxylic acids is 1. The molecule has 0 saturated heterocycles. The first kappa shape index (κ1) is 23.1. The molecule has 0 spiro atoms. The van der Waals surface area contributed by atoms with Crippen LogP contribution in [0, 0.1) is 0 Å². The Labute approximate surface area is 188 Å². The summed E-state index contributed by atoms with van der Waals surface area (Å²) < 4.78 is 37.3. The van der Waals surface area contributed by atoms with Crippen molar-refractivity contribution in [1.82, 2.24) is 0 Å². The van der Waals surface area contributed by atoms with E-state index in [1.54, 1.807) is 55.5 Å². The minimum atomic E-state index is -3.73. The van der Waals surface area contributed by atoms with Crippen molar-refractivity contribution in [3.63, 3.8) is 0 Å². The summed E-state index contributed by atoms with van der Waals surface area (Å²) in [4.78, 5) is 12.8. The fourth-order valence-corrected chi connectivity index (χ4v) is 4.32. The molecule has 0 fully saturated rings. The first-order valence-corrected chi connectivity index (χ1v) is 12.0. The molecule has 1 atom stereocenters. The van der Waals surface area contributed by atoms with Crippen molar-refractivity contribution in [2.45, 2.75) is 19.9 Å². The molecule has 0 bridgehead atoms. The normalized spacial score (nSPS) is 12.0. The lowest BCUT2D eigenvalue weighted by molar-refractivity contribution is -0.116. The number of hydrogen-bond acceptors (Lipinski definition) is 5. The van der Waals surface area contributed by atoms with Crippen molar-refractivity contribution in [2.75, 3.05) is 22.5 Å². The molecule has 168 valence electrons. The van der Waals surface area contributed by atoms with E-state index in [0.29, 0.717) is 35.2 Å². The quantitative estimate of drug-likeness (QED) is 0.508. The number of nitrogens with zero attached hydrogens (tertiary/aromatic N) is 1. The smallest absolute Gasteiger partial charge is 0.247 e. The van der Waals surface area contributed by atoms with Crippen LogP contribution in [0.15, 0.2) is 78.9 Å². The van der Waals surface area contributed by atoms with Gasteiger partial charge in [-0.2, -0.15) is 0 Å². The lowest BCUT2D eigenvalue weighted by atomic mass is 10.2. The summed E-state index contributed by atoms with van der Waals surface area (Å²) in [7, 11) is -3.73. The summed E-state index contributed by atoms with van der Waals surface area (Å²) in [6.45, 7) is 3.97. The summed E-state index contributed by atoms with van der Waals surface area (Å²) in [6, 6.07) is 21.7. The van der Waals surface area contributed by atoms with Crippen LogP contribution >= 0.6 is 0 Å². The number of anilines is 2. The summed E-state index contributed by atoms with van der Waals surface area (Å²) in [5.41, 5.74) is 0.910. The van der Waals surface area contributed by atoms with Crippen molar-refractivity contribution in [1.29, 1.82) is 0 Å². The van der Waals surface area contributed by atoms with Crippen LogP contribution in [-0.4, -0.2) is 33.2 Å². The molecule has 1 N–H and O–H groups in total. The van der Waals surface area contributed by atoms with Gasteiger partial charge < -0.3 is 14.8 Å². The van der Waals surface area contributed by atoms with E-state index in [0.717, 1.165) is 10.6 Å². The van der Waals surface area contributed by atoms with Gasteiger partial charge in [0.1, 0.15) is 23.3 Å². The Morgan fingerprint density at radius 3 is 2.03 bits per heavy atom. The molecule has 8 heteroatoms. The van der Waals surface area contributed by atoms with E-state index in [1.165, 1.54) is 0 Å². The number of rotatable bonds is 9. The molecule has 0 aliphatic heterocycles. The van der Waals surface area contributed by atoms with Crippen molar-refractivity contribution in [3.05, 3.63) is 78.9 Å². The molecule has 0 heterocycles. The van der Waals surface area contributed by atoms with Gasteiger partial charge in [-0.3, -0.25) is 9.10 Å². The number of amides is 1. The van der Waals surface area contributed by atoms with Crippen LogP contribution in [0.1, 0.15) is 13.8 Å². The monoisotopic (exact) mass is 454 g/mol. The molecule has 0 unspecified atom stereocenters. The van der Waals surface area contributed by atoms with Gasteiger partial charge in [0.15, 0.2) is 0 Å². The maximum absolute atomic E-state index is 12.8. The molecule has 0 aliphatic rings. The predicted molar refractivity (Wildman–Crippen MR) is 126 cm³/mol. The van der Waals surface area contributed by atoms with Gasteiger partial charge in [0.25, 0.3) is 0 Å². The maximum atomic E-state index is 12.8. The maximum Gasteiger partial charge on any atom is 0.247 e. The molecular formula is C24H26N2O5S. The standard InChI is InChI=1S/C24H26N2O5S/c1-4-30-21-14-10-19(11-15-21)25-24(27)18(2)26(32(3,28)29)20-12-16-23(17-13-20)31-22-8-6-5-7-9-22/h5-18H,4H2,1-3H3,(H,25,27)/t18-/m1/s1. The van der Waals surface area contributed by atoms with Crippen LogP contribution < -0.4 is 19.1 Å². The third-order valence-corrected chi connectivity index (χ3v) is 5.83. The molecule has 32 heavy (non-hydrogen) atoms. The van der Waals surface area contributed by atoms with E-state index >= 15 is 0 Å². The van der Waals surface area contributed by atoms with Gasteiger partial charge in [-0.05, 0) is 74.5 Å². The number of benzene rings is 3. The topological polar surface area (TPSA) is 84.9 Å². The fourth-order valence-electron chi connectivity index (χ4n) is 3.14. The van der Waals surface area contributed by atoms with E-state index < -0.39 is 22.0 Å². The second-order valence-corrected chi connectivity index (χ2v) is 8.95. The first-order valence-electron chi connectivity index (χ1n) is 10.1. The van der Waals surface area contributed by atoms with Crippen molar-refractivity contribution in [2.24, 2.45) is 0 Å². The van der Waals surface area contributed by atoms with E-state index in [2.05, 4.69) is 5.32 Å². The zero-order valence-electron chi connectivity index (χ0n) is 18.2. The average Bonchev–Trinajstić information content (AvgIpc) is 2.76. The minimum Gasteiger partial charge on any atom is -0.494 e. The van der Waals surface area contributed by atoms with Crippen molar-refractivity contribution in [3.8, 4) is 17.2 Å². The predicted octanol–water partition coefficient (Wildman–Crippen LogP) is 4.67. The number of hydrogen-bond donors (Lipinski definition) is 1. The van der Waals surface area contributed by atoms with Crippen molar-refractivity contribution >= 4 is 27.3 Å². The summed E-state index contributed by atoms with van der Waals surface area (Å²) in [5, 5.41) is 2.75. The lowest BCUT2D eigenvalue weighted by Gasteiger charge is -2.28. The molecule has 3 aromatic carbocycles. The van der Waals surface area contributed by atoms with Gasteiger partial charge in [-0.25, -0.2) is 8.42 Å². The Morgan fingerprint density at radius 2 is 1.47 bits per heavy atom. The van der Waals surface area contributed by atoms with Gasteiger partial charge in [0, 0.05) is 5.69 Å². The van der Waals surface area contributed by atoms with Crippen LogP contribution in [0.2, 0.25) is 0 Å². The van der Waals surface area contributed by atoms with Crippen LogP contribution in [0.4, 0.5) is 11.4 Å². The summed E-state index contributed by atoms with van der Waals surface area (Å²) >= 11 is 0. The van der Waals surface area contributed by atoms with E-state index in [1.807, 2.05) is 37.3 Å². The number of nitrogens with one attached hydrogen (secondary N) is 1. The van der Waals surface area contributed by atoms with E-state index in [-0.39, 0.29) is 0 Å². The lowest BCUT2D eigenvalue weighted by Crippen LogP contribution is -2.45. The number of sulfonamides is 1. The fraction of sp³-hybridized carbons (Fsp3) is 0.208. The highest BCUT2D eigenvalue weighted by molar-refractivity contribution is 7.92. The number of carbonyl (C=O) groups is 1. The van der Waals surface area contributed by atoms with Gasteiger partial charge in [-0.15, -0.1) is 0 Å². The highest BCUT2D eigenvalue weighted by Crippen LogP contribution is 2.27. The van der Waals surface area contributed by atoms with Gasteiger partial charge >= 0.3 is 0 Å². The molecular weight excluding hydrogens is 428 g/mol. The SMILES string of the molecule is CCOc1ccc(NC(=O)[C@@H](C)N(c2ccc(Oc3ccccc3)cc2)S(C)(=O)=O)cc1. The third kappa shape index (κ3) is 6.01. The highest BCUT2D eigenvalue weighted by Gasteiger charge is 2.29. The summed E-state index contributed by atoms with van der Waals surface area (Å²) in [6.07, 6.45) is 1.07. The van der Waals surface area contributed by atoms with Crippen LogP contribution in [0.5, 0.6) is 17.2 Å². The average molecular weight is 455 g/mol.